The van der Waals surface area contributed by atoms with Crippen molar-refractivity contribution in [2.75, 3.05) is 32.4 Å². The van der Waals surface area contributed by atoms with Crippen LogP contribution in [-0.2, 0) is 0 Å². The van der Waals surface area contributed by atoms with E-state index in [-0.39, 0.29) is 11.9 Å². The van der Waals surface area contributed by atoms with Crippen LogP contribution in [0.25, 0.3) is 0 Å². The van der Waals surface area contributed by atoms with Gasteiger partial charge in [0.25, 0.3) is 5.91 Å². The van der Waals surface area contributed by atoms with Crippen molar-refractivity contribution in [3.63, 3.8) is 0 Å². The molecule has 116 valence electrons. The summed E-state index contributed by atoms with van der Waals surface area (Å²) in [5.41, 5.74) is 8.09. The third-order valence-corrected chi connectivity index (χ3v) is 4.66. The quantitative estimate of drug-likeness (QED) is 0.883. The van der Waals surface area contributed by atoms with Gasteiger partial charge in [0.05, 0.1) is 11.4 Å². The Kier molecular flexibility index (Phi) is 3.89. The number of rotatable bonds is 3. The van der Waals surface area contributed by atoms with E-state index < -0.39 is 0 Å². The average Bonchev–Trinajstić information content (AvgIpc) is 3.25. The lowest BCUT2D eigenvalue weighted by Gasteiger charge is -2.29. The molecule has 0 aromatic carbocycles. The van der Waals surface area contributed by atoms with E-state index in [9.17, 15) is 4.79 Å². The number of anilines is 1. The molecule has 1 atom stereocenters. The van der Waals surface area contributed by atoms with E-state index in [1.54, 1.807) is 0 Å². The maximum atomic E-state index is 12.9. The highest BCUT2D eigenvalue weighted by Crippen LogP contribution is 2.42. The molecule has 1 amide bonds. The van der Waals surface area contributed by atoms with Gasteiger partial charge in [-0.3, -0.25) is 9.89 Å². The number of nitrogens with zero attached hydrogens (tertiary/aromatic N) is 3. The number of hydrogen-bond acceptors (Lipinski definition) is 4. The van der Waals surface area contributed by atoms with Crippen molar-refractivity contribution in [2.45, 2.75) is 44.6 Å². The Labute approximate surface area is 125 Å². The van der Waals surface area contributed by atoms with Crippen molar-refractivity contribution in [3.8, 4) is 0 Å². The fourth-order valence-corrected chi connectivity index (χ4v) is 3.21. The van der Waals surface area contributed by atoms with Gasteiger partial charge in [0.15, 0.2) is 5.69 Å². The number of likely N-dealkylation sites (N-methyl/N-ethyl adjacent to an activating group) is 1. The van der Waals surface area contributed by atoms with Crippen LogP contribution in [0.4, 0.5) is 5.69 Å². The maximum Gasteiger partial charge on any atom is 0.276 e. The number of H-pyrrole nitrogens is 1. The molecular weight excluding hydrogens is 266 g/mol. The average molecular weight is 291 g/mol. The molecule has 21 heavy (non-hydrogen) atoms. The third kappa shape index (κ3) is 2.77. The molecule has 1 aromatic rings. The van der Waals surface area contributed by atoms with Crippen molar-refractivity contribution in [3.05, 3.63) is 11.4 Å². The highest BCUT2D eigenvalue weighted by molar-refractivity contribution is 5.98. The Morgan fingerprint density at radius 2 is 2.19 bits per heavy atom. The molecule has 1 saturated heterocycles. The summed E-state index contributed by atoms with van der Waals surface area (Å²) in [7, 11) is 2.12. The predicted octanol–water partition coefficient (Wildman–Crippen LogP) is 1.43. The number of nitrogens with one attached hydrogen (secondary N) is 1. The summed E-state index contributed by atoms with van der Waals surface area (Å²) < 4.78 is 0. The van der Waals surface area contributed by atoms with E-state index in [1.807, 2.05) is 4.90 Å². The van der Waals surface area contributed by atoms with Crippen LogP contribution in [0.5, 0.6) is 0 Å². The number of aromatic amines is 1. The number of aromatic nitrogens is 2. The highest BCUT2D eigenvalue weighted by Gasteiger charge is 2.33. The van der Waals surface area contributed by atoms with Crippen LogP contribution in [0.1, 0.15) is 54.7 Å². The summed E-state index contributed by atoms with van der Waals surface area (Å²) in [5.74, 6) is 0.467. The molecule has 0 spiro atoms. The minimum absolute atomic E-state index is 0.0159. The second-order valence-electron chi connectivity index (χ2n) is 6.35. The lowest BCUT2D eigenvalue weighted by molar-refractivity contribution is 0.0670. The van der Waals surface area contributed by atoms with Gasteiger partial charge < -0.3 is 15.5 Å². The summed E-state index contributed by atoms with van der Waals surface area (Å²) in [6, 6.07) is 0.241. The third-order valence-electron chi connectivity index (χ3n) is 4.66. The van der Waals surface area contributed by atoms with Crippen molar-refractivity contribution in [2.24, 2.45) is 0 Å². The number of amides is 1. The molecule has 2 heterocycles. The Morgan fingerprint density at radius 3 is 2.86 bits per heavy atom. The van der Waals surface area contributed by atoms with E-state index in [2.05, 4.69) is 29.1 Å². The van der Waals surface area contributed by atoms with E-state index in [4.69, 9.17) is 5.73 Å². The molecule has 1 aromatic heterocycles. The van der Waals surface area contributed by atoms with Crippen LogP contribution in [0, 0.1) is 0 Å². The van der Waals surface area contributed by atoms with Gasteiger partial charge in [-0.1, -0.05) is 6.92 Å². The van der Waals surface area contributed by atoms with E-state index in [0.29, 0.717) is 17.3 Å². The number of carbonyl (C=O) groups is 1. The van der Waals surface area contributed by atoms with Crippen molar-refractivity contribution >= 4 is 11.6 Å². The molecule has 0 bridgehead atoms. The maximum absolute atomic E-state index is 12.9. The van der Waals surface area contributed by atoms with Gasteiger partial charge in [-0.05, 0) is 39.3 Å². The summed E-state index contributed by atoms with van der Waals surface area (Å²) in [6.45, 7) is 4.87. The lowest BCUT2D eigenvalue weighted by atomic mass is 10.1. The van der Waals surface area contributed by atoms with Crippen molar-refractivity contribution < 1.29 is 4.79 Å². The molecule has 1 aliphatic heterocycles. The second kappa shape index (κ2) is 5.67. The molecule has 0 radical (unpaired) electrons. The first-order valence-electron chi connectivity index (χ1n) is 7.95. The topological polar surface area (TPSA) is 78.2 Å². The SMILES string of the molecule is CCC1CN(C)CCCN1C(=O)c1n[nH]c(C2CC2)c1N. The summed E-state index contributed by atoms with van der Waals surface area (Å²) in [4.78, 5) is 17.1. The van der Waals surface area contributed by atoms with Gasteiger partial charge in [-0.25, -0.2) is 0 Å². The van der Waals surface area contributed by atoms with Gasteiger partial charge in [-0.2, -0.15) is 5.10 Å². The normalized spacial score (nSPS) is 24.1. The van der Waals surface area contributed by atoms with Crippen LogP contribution in [0.15, 0.2) is 0 Å². The smallest absolute Gasteiger partial charge is 0.276 e. The van der Waals surface area contributed by atoms with Gasteiger partial charge in [0, 0.05) is 25.0 Å². The van der Waals surface area contributed by atoms with Gasteiger partial charge in [-0.15, -0.1) is 0 Å². The zero-order chi connectivity index (χ0) is 15.0. The van der Waals surface area contributed by atoms with Gasteiger partial charge in [0.2, 0.25) is 0 Å². The number of hydrogen-bond donors (Lipinski definition) is 2. The van der Waals surface area contributed by atoms with Crippen LogP contribution >= 0.6 is 0 Å². The molecule has 2 fully saturated rings. The molecule has 3 rings (SSSR count). The fraction of sp³-hybridized carbons (Fsp3) is 0.733. The number of nitrogen functional groups attached to an aromatic ring is 1. The van der Waals surface area contributed by atoms with E-state index >= 15 is 0 Å². The zero-order valence-corrected chi connectivity index (χ0v) is 12.9. The van der Waals surface area contributed by atoms with Crippen molar-refractivity contribution in [1.82, 2.24) is 20.0 Å². The van der Waals surface area contributed by atoms with Gasteiger partial charge in [0.1, 0.15) is 0 Å². The van der Waals surface area contributed by atoms with Crippen LogP contribution in [-0.4, -0.2) is 58.6 Å². The van der Waals surface area contributed by atoms with Crippen LogP contribution < -0.4 is 5.73 Å². The van der Waals surface area contributed by atoms with E-state index in [1.165, 1.54) is 0 Å². The largest absolute Gasteiger partial charge is 0.395 e. The summed E-state index contributed by atoms with van der Waals surface area (Å²) in [6.07, 6.45) is 4.24. The Bertz CT molecular complexity index is 522. The minimum atomic E-state index is -0.0159. The summed E-state index contributed by atoms with van der Waals surface area (Å²) >= 11 is 0. The first-order valence-corrected chi connectivity index (χ1v) is 7.95. The molecule has 1 unspecified atom stereocenters. The molecule has 2 aliphatic rings. The summed E-state index contributed by atoms with van der Waals surface area (Å²) in [5, 5.41) is 7.20. The predicted molar refractivity (Wildman–Crippen MR) is 82.2 cm³/mol. The van der Waals surface area contributed by atoms with Gasteiger partial charge >= 0.3 is 0 Å². The standard InChI is InChI=1S/C15H25N5O/c1-3-11-9-19(2)7-4-8-20(11)15(21)14-12(16)13(17-18-14)10-5-6-10/h10-11H,3-9,16H2,1-2H3,(H,17,18). The highest BCUT2D eigenvalue weighted by atomic mass is 16.2. The molecule has 6 nitrogen and oxygen atoms in total. The monoisotopic (exact) mass is 291 g/mol. The molecule has 3 N–H and O–H groups in total. The molecule has 1 aliphatic carbocycles. The second-order valence-corrected chi connectivity index (χ2v) is 6.35. The zero-order valence-electron chi connectivity index (χ0n) is 12.9. The van der Waals surface area contributed by atoms with Crippen LogP contribution in [0.2, 0.25) is 0 Å². The number of carbonyl (C=O) groups excluding carboxylic acids is 1. The lowest BCUT2D eigenvalue weighted by Crippen LogP contribution is -2.43. The first kappa shape index (κ1) is 14.4. The first-order chi connectivity index (χ1) is 10.1. The van der Waals surface area contributed by atoms with E-state index in [0.717, 1.165) is 51.0 Å². The Balaban J connectivity index is 1.82. The van der Waals surface area contributed by atoms with Crippen molar-refractivity contribution in [1.29, 1.82) is 0 Å². The minimum Gasteiger partial charge on any atom is -0.395 e. The Morgan fingerprint density at radius 1 is 1.43 bits per heavy atom. The number of nitrogens with two attached hydrogens (primary N) is 1. The fourth-order valence-electron chi connectivity index (χ4n) is 3.21. The van der Waals surface area contributed by atoms with Crippen LogP contribution in [0.3, 0.4) is 0 Å². The molecule has 1 saturated carbocycles. The molecule has 6 heteroatoms. The molecular formula is C15H25N5O. The Hall–Kier alpha value is -1.56.